The summed E-state index contributed by atoms with van der Waals surface area (Å²) >= 11 is 0. The van der Waals surface area contributed by atoms with Crippen molar-refractivity contribution in [3.8, 4) is 17.6 Å². The molecule has 0 aliphatic carbocycles. The number of methoxy groups -OCH3 is 1. The van der Waals surface area contributed by atoms with Crippen LogP contribution in [-0.2, 0) is 0 Å². The molecular formula is C22H16N2O4. The van der Waals surface area contributed by atoms with E-state index in [4.69, 9.17) is 14.7 Å². The Hall–Kier alpha value is -4.11. The van der Waals surface area contributed by atoms with Crippen molar-refractivity contribution in [1.29, 1.82) is 5.26 Å². The second kappa shape index (κ2) is 8.52. The van der Waals surface area contributed by atoms with Gasteiger partial charge in [-0.15, -0.1) is 0 Å². The lowest BCUT2D eigenvalue weighted by molar-refractivity contribution is 0.0729. The molecule has 3 aromatic carbocycles. The monoisotopic (exact) mass is 372 g/mol. The van der Waals surface area contributed by atoms with Crippen molar-refractivity contribution in [3.05, 3.63) is 89.5 Å². The summed E-state index contributed by atoms with van der Waals surface area (Å²) in [6.45, 7) is 0. The zero-order valence-electron chi connectivity index (χ0n) is 15.0. The number of amides is 1. The third-order valence-corrected chi connectivity index (χ3v) is 3.91. The van der Waals surface area contributed by atoms with Gasteiger partial charge >= 0.3 is 5.97 Å². The molecule has 0 fully saturated rings. The van der Waals surface area contributed by atoms with Crippen LogP contribution < -0.4 is 14.8 Å². The normalized spacial score (nSPS) is 9.86. The van der Waals surface area contributed by atoms with Crippen LogP contribution in [0.2, 0.25) is 0 Å². The molecule has 6 nitrogen and oxygen atoms in total. The van der Waals surface area contributed by atoms with Gasteiger partial charge in [0.2, 0.25) is 0 Å². The van der Waals surface area contributed by atoms with Gasteiger partial charge in [-0.1, -0.05) is 18.2 Å². The zero-order chi connectivity index (χ0) is 19.9. The highest BCUT2D eigenvalue weighted by Gasteiger charge is 2.13. The Labute approximate surface area is 161 Å². The molecule has 6 heteroatoms. The Balaban J connectivity index is 1.69. The molecule has 1 amide bonds. The predicted molar refractivity (Wildman–Crippen MR) is 104 cm³/mol. The van der Waals surface area contributed by atoms with Crippen LogP contribution in [0.3, 0.4) is 0 Å². The summed E-state index contributed by atoms with van der Waals surface area (Å²) in [6, 6.07) is 21.7. The van der Waals surface area contributed by atoms with Crippen LogP contribution in [0.1, 0.15) is 26.3 Å². The number of nitrogens with zero attached hydrogens (tertiary/aromatic N) is 1. The van der Waals surface area contributed by atoms with Crippen molar-refractivity contribution in [2.24, 2.45) is 0 Å². The Kier molecular flexibility index (Phi) is 5.68. The minimum Gasteiger partial charge on any atom is -0.493 e. The lowest BCUT2D eigenvalue weighted by Gasteiger charge is -2.10. The van der Waals surface area contributed by atoms with Crippen LogP contribution in [0.5, 0.6) is 11.5 Å². The van der Waals surface area contributed by atoms with Crippen molar-refractivity contribution in [1.82, 2.24) is 0 Å². The van der Waals surface area contributed by atoms with Gasteiger partial charge in [0.1, 0.15) is 0 Å². The average Bonchev–Trinajstić information content (AvgIpc) is 2.75. The van der Waals surface area contributed by atoms with E-state index in [1.165, 1.54) is 25.3 Å². The molecule has 0 saturated heterocycles. The van der Waals surface area contributed by atoms with Crippen LogP contribution in [0.25, 0.3) is 0 Å². The summed E-state index contributed by atoms with van der Waals surface area (Å²) in [6.07, 6.45) is 0. The molecule has 3 aromatic rings. The third-order valence-electron chi connectivity index (χ3n) is 3.91. The summed E-state index contributed by atoms with van der Waals surface area (Å²) in [4.78, 5) is 24.5. The van der Waals surface area contributed by atoms with Gasteiger partial charge in [0.15, 0.2) is 11.5 Å². The van der Waals surface area contributed by atoms with Gasteiger partial charge in [-0.2, -0.15) is 5.26 Å². The van der Waals surface area contributed by atoms with E-state index < -0.39 is 5.97 Å². The fourth-order valence-corrected chi connectivity index (χ4v) is 2.46. The first kappa shape index (κ1) is 18.7. The smallest absolute Gasteiger partial charge is 0.343 e. The van der Waals surface area contributed by atoms with Gasteiger partial charge in [0.05, 0.1) is 24.3 Å². The minimum absolute atomic E-state index is 0.216. The molecule has 1 N–H and O–H groups in total. The molecule has 0 unspecified atom stereocenters. The summed E-state index contributed by atoms with van der Waals surface area (Å²) in [5.41, 5.74) is 1.81. The zero-order valence-corrected chi connectivity index (χ0v) is 15.0. The summed E-state index contributed by atoms with van der Waals surface area (Å²) in [5.74, 6) is -0.311. The first-order valence-electron chi connectivity index (χ1n) is 8.37. The van der Waals surface area contributed by atoms with Crippen LogP contribution in [-0.4, -0.2) is 19.0 Å². The fourth-order valence-electron chi connectivity index (χ4n) is 2.46. The molecule has 28 heavy (non-hydrogen) atoms. The van der Waals surface area contributed by atoms with Crippen molar-refractivity contribution in [3.63, 3.8) is 0 Å². The lowest BCUT2D eigenvalue weighted by atomic mass is 10.2. The van der Waals surface area contributed by atoms with E-state index in [2.05, 4.69) is 5.32 Å². The molecule has 0 aromatic heterocycles. The molecule has 0 spiro atoms. The standard InChI is InChI=1S/C22H16N2O4/c1-27-20-13-15(14-23)7-12-19(20)28-22(26)17-8-10-18(11-9-17)24-21(25)16-5-3-2-4-6-16/h2-13H,1H3,(H,24,25). The van der Waals surface area contributed by atoms with E-state index in [0.29, 0.717) is 28.1 Å². The van der Waals surface area contributed by atoms with Crippen molar-refractivity contribution < 1.29 is 19.1 Å². The predicted octanol–water partition coefficient (Wildman–Crippen LogP) is 4.04. The molecule has 0 bridgehead atoms. The number of esters is 1. The molecule has 0 aliphatic rings. The van der Waals surface area contributed by atoms with Crippen LogP contribution in [0.4, 0.5) is 5.69 Å². The van der Waals surface area contributed by atoms with E-state index in [-0.39, 0.29) is 11.7 Å². The number of rotatable bonds is 5. The maximum absolute atomic E-state index is 12.4. The van der Waals surface area contributed by atoms with E-state index in [0.717, 1.165) is 0 Å². The first-order chi connectivity index (χ1) is 13.6. The number of hydrogen-bond acceptors (Lipinski definition) is 5. The topological polar surface area (TPSA) is 88.4 Å². The van der Waals surface area contributed by atoms with Gasteiger partial charge in [-0.05, 0) is 48.5 Å². The number of ether oxygens (including phenoxy) is 2. The summed E-state index contributed by atoms with van der Waals surface area (Å²) < 4.78 is 10.5. The van der Waals surface area contributed by atoms with E-state index >= 15 is 0 Å². The molecule has 3 rings (SSSR count). The Bertz CT molecular complexity index is 1040. The summed E-state index contributed by atoms with van der Waals surface area (Å²) in [7, 11) is 1.43. The molecule has 0 atom stereocenters. The van der Waals surface area contributed by atoms with Crippen LogP contribution >= 0.6 is 0 Å². The fraction of sp³-hybridized carbons (Fsp3) is 0.0455. The van der Waals surface area contributed by atoms with Crippen LogP contribution in [0.15, 0.2) is 72.8 Å². The first-order valence-corrected chi connectivity index (χ1v) is 8.37. The molecule has 0 aliphatic heterocycles. The molecule has 0 heterocycles. The minimum atomic E-state index is -0.580. The van der Waals surface area contributed by atoms with Crippen molar-refractivity contribution in [2.45, 2.75) is 0 Å². The van der Waals surface area contributed by atoms with E-state index in [9.17, 15) is 9.59 Å². The van der Waals surface area contributed by atoms with Crippen molar-refractivity contribution >= 4 is 17.6 Å². The number of carbonyl (C=O) groups excluding carboxylic acids is 2. The molecule has 138 valence electrons. The number of carbonyl (C=O) groups is 2. The van der Waals surface area contributed by atoms with Gasteiger partial charge in [-0.3, -0.25) is 4.79 Å². The summed E-state index contributed by atoms with van der Waals surface area (Å²) in [5, 5.41) is 11.7. The Morgan fingerprint density at radius 1 is 0.893 bits per heavy atom. The quantitative estimate of drug-likeness (QED) is 0.539. The van der Waals surface area contributed by atoms with Gasteiger partial charge < -0.3 is 14.8 Å². The number of nitriles is 1. The highest BCUT2D eigenvalue weighted by molar-refractivity contribution is 6.04. The highest BCUT2D eigenvalue weighted by atomic mass is 16.6. The lowest BCUT2D eigenvalue weighted by Crippen LogP contribution is -2.12. The second-order valence-corrected chi connectivity index (χ2v) is 5.76. The Morgan fingerprint density at radius 2 is 1.61 bits per heavy atom. The van der Waals surface area contributed by atoms with E-state index in [1.807, 2.05) is 12.1 Å². The highest BCUT2D eigenvalue weighted by Crippen LogP contribution is 2.28. The largest absolute Gasteiger partial charge is 0.493 e. The van der Waals surface area contributed by atoms with Crippen LogP contribution in [0, 0.1) is 11.3 Å². The number of nitrogens with one attached hydrogen (secondary N) is 1. The number of anilines is 1. The molecule has 0 saturated carbocycles. The van der Waals surface area contributed by atoms with Crippen molar-refractivity contribution in [2.75, 3.05) is 12.4 Å². The van der Waals surface area contributed by atoms with Gasteiger partial charge in [-0.25, -0.2) is 4.79 Å². The molecular weight excluding hydrogens is 356 g/mol. The maximum Gasteiger partial charge on any atom is 0.343 e. The maximum atomic E-state index is 12.4. The second-order valence-electron chi connectivity index (χ2n) is 5.76. The van der Waals surface area contributed by atoms with Gasteiger partial charge in [0, 0.05) is 17.3 Å². The van der Waals surface area contributed by atoms with E-state index in [1.54, 1.807) is 48.5 Å². The Morgan fingerprint density at radius 3 is 2.25 bits per heavy atom. The third kappa shape index (κ3) is 4.34. The number of benzene rings is 3. The van der Waals surface area contributed by atoms with Gasteiger partial charge in [0.25, 0.3) is 5.91 Å². The average molecular weight is 372 g/mol. The SMILES string of the molecule is COc1cc(C#N)ccc1OC(=O)c1ccc(NC(=O)c2ccccc2)cc1. The molecule has 0 radical (unpaired) electrons. The number of hydrogen-bond donors (Lipinski definition) is 1.